The highest BCUT2D eigenvalue weighted by atomic mass is 28.4. The molecule has 0 aromatic heterocycles. The minimum atomic E-state index is -1.95. The molecule has 4 nitrogen and oxygen atoms in total. The molecule has 0 radical (unpaired) electrons. The van der Waals surface area contributed by atoms with Gasteiger partial charge in [0.05, 0.1) is 13.2 Å². The lowest BCUT2D eigenvalue weighted by Crippen LogP contribution is -2.47. The van der Waals surface area contributed by atoms with Gasteiger partial charge < -0.3 is 13.9 Å². The summed E-state index contributed by atoms with van der Waals surface area (Å²) in [6, 6.07) is 5.89. The molecule has 2 aliphatic rings. The number of esters is 1. The van der Waals surface area contributed by atoms with Crippen molar-refractivity contribution < 1.29 is 18.7 Å². The van der Waals surface area contributed by atoms with Crippen LogP contribution in [0, 0.1) is 23.7 Å². The van der Waals surface area contributed by atoms with Crippen LogP contribution in [0.3, 0.4) is 0 Å². The first-order valence-electron chi connectivity index (χ1n) is 11.9. The molecule has 2 aliphatic carbocycles. The topological polar surface area (TPSA) is 44.8 Å². The van der Waals surface area contributed by atoms with E-state index in [1.165, 1.54) is 12.5 Å². The van der Waals surface area contributed by atoms with Gasteiger partial charge >= 0.3 is 5.97 Å². The lowest BCUT2D eigenvalue weighted by atomic mass is 9.74. The summed E-state index contributed by atoms with van der Waals surface area (Å²) >= 11 is 0. The maximum atomic E-state index is 11.6. The van der Waals surface area contributed by atoms with Gasteiger partial charge in [0.25, 0.3) is 0 Å². The van der Waals surface area contributed by atoms with Crippen molar-refractivity contribution in [3.05, 3.63) is 60.7 Å². The standard InChI is InChI=1S/C28H40O4Si/c1-10-21-17-22(15-20-12-14-23(30-7)25(16-20)31-19(3)29)27-24(13-11-18(2)26(21)27)32-33(8,9)28(4,5)6/h10-14,16,21-22,24,26-27H,1-2,15,17H2,3-9H3/t21-,22+,24+,26+,27+/m1/s1. The normalized spacial score (nSPS) is 27.2. The number of fused-ring (bicyclic) bond motifs is 1. The number of allylic oxidation sites excluding steroid dienone is 3. The summed E-state index contributed by atoms with van der Waals surface area (Å²) in [5.41, 5.74) is 2.31. The van der Waals surface area contributed by atoms with E-state index in [0.29, 0.717) is 35.2 Å². The molecular weight excluding hydrogens is 428 g/mol. The minimum Gasteiger partial charge on any atom is -0.493 e. The van der Waals surface area contributed by atoms with Crippen molar-refractivity contribution in [3.8, 4) is 11.5 Å². The van der Waals surface area contributed by atoms with Gasteiger partial charge in [0.15, 0.2) is 19.8 Å². The average molecular weight is 469 g/mol. The van der Waals surface area contributed by atoms with Crippen molar-refractivity contribution in [1.82, 2.24) is 0 Å². The van der Waals surface area contributed by atoms with Crippen molar-refractivity contribution in [1.29, 1.82) is 0 Å². The van der Waals surface area contributed by atoms with E-state index in [2.05, 4.69) is 71.3 Å². The van der Waals surface area contributed by atoms with Crippen molar-refractivity contribution in [2.24, 2.45) is 23.7 Å². The molecule has 0 spiro atoms. The molecule has 0 heterocycles. The van der Waals surface area contributed by atoms with Gasteiger partial charge in [0, 0.05) is 6.92 Å². The first kappa shape index (κ1) is 25.5. The molecule has 180 valence electrons. The Morgan fingerprint density at radius 3 is 2.52 bits per heavy atom. The molecule has 5 atom stereocenters. The number of hydrogen-bond acceptors (Lipinski definition) is 4. The van der Waals surface area contributed by atoms with Crippen LogP contribution in [-0.2, 0) is 15.6 Å². The zero-order valence-corrected chi connectivity index (χ0v) is 22.3. The second kappa shape index (κ2) is 9.63. The third-order valence-corrected chi connectivity index (χ3v) is 12.3. The maximum absolute atomic E-state index is 11.6. The van der Waals surface area contributed by atoms with E-state index in [4.69, 9.17) is 13.9 Å². The molecule has 0 aliphatic heterocycles. The summed E-state index contributed by atoms with van der Waals surface area (Å²) in [6.07, 6.45) is 8.50. The van der Waals surface area contributed by atoms with Gasteiger partial charge in [-0.2, -0.15) is 0 Å². The fraction of sp³-hybridized carbons (Fsp3) is 0.536. The van der Waals surface area contributed by atoms with Gasteiger partial charge in [0.1, 0.15) is 0 Å². The number of rotatable bonds is 7. The number of carbonyl (C=O) groups excluding carboxylic acids is 1. The second-order valence-corrected chi connectivity index (χ2v) is 15.8. The zero-order chi connectivity index (χ0) is 24.6. The Labute approximate surface area is 200 Å². The first-order valence-corrected chi connectivity index (χ1v) is 14.8. The molecule has 1 saturated carbocycles. The first-order chi connectivity index (χ1) is 15.4. The van der Waals surface area contributed by atoms with Crippen LogP contribution in [0.15, 0.2) is 55.2 Å². The van der Waals surface area contributed by atoms with Crippen molar-refractivity contribution in [3.63, 3.8) is 0 Å². The summed E-state index contributed by atoms with van der Waals surface area (Å²) in [5.74, 6) is 2.17. The molecule has 0 bridgehead atoms. The molecule has 1 aromatic carbocycles. The third-order valence-electron chi connectivity index (χ3n) is 7.82. The zero-order valence-electron chi connectivity index (χ0n) is 21.3. The summed E-state index contributed by atoms with van der Waals surface area (Å²) in [5, 5.41) is 0.144. The SMILES string of the molecule is C=C[C@@H]1C[C@H](Cc2ccc(OC)c(OC(C)=O)c2)[C@@H]2[C@H]1C(=C)C=C[C@@H]2O[Si](C)(C)C(C)(C)C. The van der Waals surface area contributed by atoms with Gasteiger partial charge in [-0.15, -0.1) is 6.58 Å². The monoisotopic (exact) mass is 468 g/mol. The van der Waals surface area contributed by atoms with Crippen LogP contribution in [0.2, 0.25) is 18.1 Å². The van der Waals surface area contributed by atoms with Crippen LogP contribution < -0.4 is 9.47 Å². The van der Waals surface area contributed by atoms with E-state index in [9.17, 15) is 4.79 Å². The van der Waals surface area contributed by atoms with Crippen molar-refractivity contribution in [2.45, 2.75) is 64.8 Å². The van der Waals surface area contributed by atoms with E-state index < -0.39 is 8.32 Å². The molecule has 33 heavy (non-hydrogen) atoms. The van der Waals surface area contributed by atoms with Crippen LogP contribution in [0.1, 0.15) is 39.7 Å². The molecule has 1 aromatic rings. The van der Waals surface area contributed by atoms with Crippen LogP contribution in [0.25, 0.3) is 0 Å². The highest BCUT2D eigenvalue weighted by Crippen LogP contribution is 2.53. The molecule has 0 unspecified atom stereocenters. The van der Waals surface area contributed by atoms with E-state index in [-0.39, 0.29) is 17.1 Å². The van der Waals surface area contributed by atoms with Gasteiger partial charge in [-0.25, -0.2) is 0 Å². The van der Waals surface area contributed by atoms with Crippen LogP contribution >= 0.6 is 0 Å². The predicted molar refractivity (Wildman–Crippen MR) is 137 cm³/mol. The Balaban J connectivity index is 1.93. The summed E-state index contributed by atoms with van der Waals surface area (Å²) in [4.78, 5) is 11.6. The number of methoxy groups -OCH3 is 1. The molecule has 3 rings (SSSR count). The number of hydrogen-bond donors (Lipinski definition) is 0. The van der Waals surface area contributed by atoms with Crippen LogP contribution in [-0.4, -0.2) is 27.5 Å². The van der Waals surface area contributed by atoms with Crippen LogP contribution in [0.5, 0.6) is 11.5 Å². The largest absolute Gasteiger partial charge is 0.493 e. The lowest BCUT2D eigenvalue weighted by molar-refractivity contribution is -0.132. The van der Waals surface area contributed by atoms with E-state index in [1.54, 1.807) is 7.11 Å². The van der Waals surface area contributed by atoms with Gasteiger partial charge in [-0.3, -0.25) is 4.79 Å². The summed E-state index contributed by atoms with van der Waals surface area (Å²) in [7, 11) is -0.364. The molecule has 0 saturated heterocycles. The van der Waals surface area contributed by atoms with Gasteiger partial charge in [-0.1, -0.05) is 57.2 Å². The second-order valence-electron chi connectivity index (χ2n) is 11.1. The number of benzene rings is 1. The molecule has 0 N–H and O–H groups in total. The highest BCUT2D eigenvalue weighted by Gasteiger charge is 2.50. The van der Waals surface area contributed by atoms with E-state index in [1.807, 2.05) is 12.1 Å². The van der Waals surface area contributed by atoms with E-state index >= 15 is 0 Å². The summed E-state index contributed by atoms with van der Waals surface area (Å²) < 4.78 is 17.8. The minimum absolute atomic E-state index is 0.0718. The third kappa shape index (κ3) is 5.35. The summed E-state index contributed by atoms with van der Waals surface area (Å²) in [6.45, 7) is 21.5. The van der Waals surface area contributed by atoms with Gasteiger partial charge in [-0.05, 0) is 72.3 Å². The van der Waals surface area contributed by atoms with E-state index in [0.717, 1.165) is 18.4 Å². The number of ether oxygens (including phenoxy) is 2. The number of carbonyl (C=O) groups is 1. The lowest BCUT2D eigenvalue weighted by Gasteiger charge is -2.44. The predicted octanol–water partition coefficient (Wildman–Crippen LogP) is 6.73. The highest BCUT2D eigenvalue weighted by molar-refractivity contribution is 6.74. The van der Waals surface area contributed by atoms with Gasteiger partial charge in [0.2, 0.25) is 0 Å². The fourth-order valence-electron chi connectivity index (χ4n) is 5.17. The Morgan fingerprint density at radius 2 is 1.94 bits per heavy atom. The molecule has 0 amide bonds. The van der Waals surface area contributed by atoms with Crippen molar-refractivity contribution in [2.75, 3.05) is 7.11 Å². The quantitative estimate of drug-likeness (QED) is 0.192. The maximum Gasteiger partial charge on any atom is 0.308 e. The fourth-order valence-corrected chi connectivity index (χ4v) is 6.44. The average Bonchev–Trinajstić information content (AvgIpc) is 3.08. The van der Waals surface area contributed by atoms with Crippen molar-refractivity contribution >= 4 is 14.3 Å². The molecule has 5 heteroatoms. The Kier molecular flexibility index (Phi) is 7.44. The molecule has 1 fully saturated rings. The molecular formula is C28H40O4Si. The Bertz CT molecular complexity index is 940. The Hall–Kier alpha value is -2.11. The smallest absolute Gasteiger partial charge is 0.308 e. The Morgan fingerprint density at radius 1 is 1.24 bits per heavy atom. The van der Waals surface area contributed by atoms with Crippen LogP contribution in [0.4, 0.5) is 0 Å².